The maximum absolute atomic E-state index is 13.6. The van der Waals surface area contributed by atoms with Crippen LogP contribution in [-0.4, -0.2) is 64.7 Å². The van der Waals surface area contributed by atoms with Crippen LogP contribution >= 0.6 is 0 Å². The number of carbonyl (C=O) groups is 1. The van der Waals surface area contributed by atoms with Gasteiger partial charge in [-0.25, -0.2) is 8.42 Å². The lowest BCUT2D eigenvalue weighted by Gasteiger charge is -2.29. The van der Waals surface area contributed by atoms with Gasteiger partial charge in [0.25, 0.3) is 5.91 Å². The number of ether oxygens (including phenoxy) is 4. The number of nitrogens with zero attached hydrogens (tertiary/aromatic N) is 1. The molecule has 1 amide bonds. The summed E-state index contributed by atoms with van der Waals surface area (Å²) < 4.78 is 46.4. The third-order valence-electron chi connectivity index (χ3n) is 5.86. The highest BCUT2D eigenvalue weighted by atomic mass is 32.2. The fourth-order valence-corrected chi connectivity index (χ4v) is 5.74. The number of unbranched alkanes of at least 4 members (excludes halogenated alkanes) is 1. The van der Waals surface area contributed by atoms with Crippen molar-refractivity contribution in [3.63, 3.8) is 0 Å². The molecule has 1 aliphatic heterocycles. The van der Waals surface area contributed by atoms with Gasteiger partial charge in [0.2, 0.25) is 5.75 Å². The van der Waals surface area contributed by atoms with E-state index in [4.69, 9.17) is 18.9 Å². The molecule has 0 saturated carbocycles. The Balaban J connectivity index is 1.90. The Bertz CT molecular complexity index is 1060. The fourth-order valence-electron chi connectivity index (χ4n) is 4.01. The van der Waals surface area contributed by atoms with Crippen LogP contribution in [0.4, 0.5) is 0 Å². The summed E-state index contributed by atoms with van der Waals surface area (Å²) in [4.78, 5) is 15.2. The summed E-state index contributed by atoms with van der Waals surface area (Å²) in [6, 6.07) is 10.1. The topological polar surface area (TPSA) is 91.4 Å². The van der Waals surface area contributed by atoms with Gasteiger partial charge in [0, 0.05) is 18.2 Å². The molecular formula is C25H33NO7S. The molecule has 0 spiro atoms. The van der Waals surface area contributed by atoms with Crippen molar-refractivity contribution in [1.82, 2.24) is 4.90 Å². The molecule has 1 atom stereocenters. The Kier molecular flexibility index (Phi) is 8.66. The van der Waals surface area contributed by atoms with Gasteiger partial charge in [-0.3, -0.25) is 4.79 Å². The summed E-state index contributed by atoms with van der Waals surface area (Å²) in [5.41, 5.74) is 1.21. The molecule has 34 heavy (non-hydrogen) atoms. The predicted octanol–water partition coefficient (Wildman–Crippen LogP) is 3.72. The molecule has 0 aliphatic carbocycles. The molecule has 186 valence electrons. The van der Waals surface area contributed by atoms with Crippen molar-refractivity contribution >= 4 is 15.7 Å². The lowest BCUT2D eigenvalue weighted by Crippen LogP contribution is -2.40. The van der Waals surface area contributed by atoms with Crippen LogP contribution in [0.1, 0.15) is 42.1 Å². The third-order valence-corrected chi connectivity index (χ3v) is 7.61. The number of carbonyl (C=O) groups excluding carboxylic acids is 1. The summed E-state index contributed by atoms with van der Waals surface area (Å²) in [5, 5.41) is 0. The zero-order chi connectivity index (χ0) is 24.7. The molecule has 1 saturated heterocycles. The maximum Gasteiger partial charge on any atom is 0.254 e. The van der Waals surface area contributed by atoms with E-state index < -0.39 is 15.9 Å². The molecule has 1 aliphatic rings. The summed E-state index contributed by atoms with van der Waals surface area (Å²) in [5.74, 6) is 1.87. The molecule has 0 radical (unpaired) electrons. The molecule has 0 aromatic heterocycles. The van der Waals surface area contributed by atoms with E-state index in [-0.39, 0.29) is 24.0 Å². The highest BCUT2D eigenvalue weighted by Gasteiger charge is 2.35. The average molecular weight is 492 g/mol. The lowest BCUT2D eigenvalue weighted by atomic mass is 10.1. The van der Waals surface area contributed by atoms with E-state index in [2.05, 4.69) is 6.92 Å². The van der Waals surface area contributed by atoms with E-state index in [1.165, 1.54) is 21.3 Å². The van der Waals surface area contributed by atoms with E-state index in [1.807, 2.05) is 0 Å². The fraction of sp³-hybridized carbons (Fsp3) is 0.480. The van der Waals surface area contributed by atoms with Crippen molar-refractivity contribution in [1.29, 1.82) is 0 Å². The smallest absolute Gasteiger partial charge is 0.254 e. The van der Waals surface area contributed by atoms with Crippen LogP contribution in [-0.2, 0) is 16.4 Å². The molecule has 2 aromatic rings. The second-order valence-corrected chi connectivity index (χ2v) is 10.5. The van der Waals surface area contributed by atoms with Gasteiger partial charge in [0.1, 0.15) is 5.75 Å². The normalized spacial score (nSPS) is 16.6. The van der Waals surface area contributed by atoms with Crippen molar-refractivity contribution in [2.45, 2.75) is 38.8 Å². The first-order valence-corrected chi connectivity index (χ1v) is 13.2. The number of methoxy groups -OCH3 is 3. The SMILES string of the molecule is CCCCOc1ccc(C(=O)N(Cc2cc(OC)c(OC)c(OC)c2)[C@H]2CCS(=O)(=O)C2)cc1. The van der Waals surface area contributed by atoms with Crippen LogP contribution in [0, 0.1) is 0 Å². The van der Waals surface area contributed by atoms with E-state index in [0.717, 1.165) is 18.4 Å². The molecule has 0 N–H and O–H groups in total. The van der Waals surface area contributed by atoms with Crippen LogP contribution in [0.15, 0.2) is 36.4 Å². The minimum absolute atomic E-state index is 0.0542. The lowest BCUT2D eigenvalue weighted by molar-refractivity contribution is 0.0680. The predicted molar refractivity (Wildman–Crippen MR) is 130 cm³/mol. The maximum atomic E-state index is 13.6. The van der Waals surface area contributed by atoms with Crippen LogP contribution < -0.4 is 18.9 Å². The van der Waals surface area contributed by atoms with E-state index in [0.29, 0.717) is 41.6 Å². The minimum atomic E-state index is -3.19. The molecule has 0 unspecified atom stereocenters. The minimum Gasteiger partial charge on any atom is -0.494 e. The van der Waals surface area contributed by atoms with Gasteiger partial charge in [0.05, 0.1) is 39.4 Å². The Labute approximate surface area is 201 Å². The van der Waals surface area contributed by atoms with Gasteiger partial charge in [-0.15, -0.1) is 0 Å². The summed E-state index contributed by atoms with van der Waals surface area (Å²) in [6.07, 6.45) is 2.40. The molecule has 8 nitrogen and oxygen atoms in total. The van der Waals surface area contributed by atoms with Gasteiger partial charge in [-0.2, -0.15) is 0 Å². The zero-order valence-electron chi connectivity index (χ0n) is 20.2. The van der Waals surface area contributed by atoms with Crippen LogP contribution in [0.25, 0.3) is 0 Å². The first kappa shape index (κ1) is 25.7. The molecular weight excluding hydrogens is 458 g/mol. The number of amides is 1. The number of benzene rings is 2. The van der Waals surface area contributed by atoms with Crippen LogP contribution in [0.5, 0.6) is 23.0 Å². The Morgan fingerprint density at radius 2 is 1.68 bits per heavy atom. The first-order chi connectivity index (χ1) is 16.3. The van der Waals surface area contributed by atoms with Crippen molar-refractivity contribution < 1.29 is 32.2 Å². The highest BCUT2D eigenvalue weighted by molar-refractivity contribution is 7.91. The number of rotatable bonds is 11. The second-order valence-electron chi connectivity index (χ2n) is 8.25. The highest BCUT2D eigenvalue weighted by Crippen LogP contribution is 2.39. The van der Waals surface area contributed by atoms with Gasteiger partial charge < -0.3 is 23.8 Å². The number of hydrogen-bond donors (Lipinski definition) is 0. The largest absolute Gasteiger partial charge is 0.494 e. The van der Waals surface area contributed by atoms with Gasteiger partial charge in [-0.05, 0) is 54.8 Å². The molecule has 9 heteroatoms. The first-order valence-electron chi connectivity index (χ1n) is 11.3. The van der Waals surface area contributed by atoms with Crippen LogP contribution in [0.3, 0.4) is 0 Å². The average Bonchev–Trinajstić information content (AvgIpc) is 3.21. The van der Waals surface area contributed by atoms with Crippen molar-refractivity contribution in [2.75, 3.05) is 39.4 Å². The molecule has 3 rings (SSSR count). The second kappa shape index (κ2) is 11.5. The Morgan fingerprint density at radius 1 is 1.03 bits per heavy atom. The number of sulfone groups is 1. The zero-order valence-corrected chi connectivity index (χ0v) is 21.0. The summed E-state index contributed by atoms with van der Waals surface area (Å²) >= 11 is 0. The third kappa shape index (κ3) is 6.14. The Hall–Kier alpha value is -2.94. The van der Waals surface area contributed by atoms with E-state index in [9.17, 15) is 13.2 Å². The summed E-state index contributed by atoms with van der Waals surface area (Å²) in [7, 11) is 1.39. The monoisotopic (exact) mass is 491 g/mol. The summed E-state index contributed by atoms with van der Waals surface area (Å²) in [6.45, 7) is 2.92. The van der Waals surface area contributed by atoms with Gasteiger partial charge in [-0.1, -0.05) is 13.3 Å². The van der Waals surface area contributed by atoms with Crippen LogP contribution in [0.2, 0.25) is 0 Å². The molecule has 1 fully saturated rings. The van der Waals surface area contributed by atoms with Crippen molar-refractivity contribution in [3.8, 4) is 23.0 Å². The van der Waals surface area contributed by atoms with E-state index >= 15 is 0 Å². The number of hydrogen-bond acceptors (Lipinski definition) is 7. The van der Waals surface area contributed by atoms with Crippen molar-refractivity contribution in [3.05, 3.63) is 47.5 Å². The quantitative estimate of drug-likeness (QED) is 0.443. The Morgan fingerprint density at radius 3 is 2.18 bits per heavy atom. The van der Waals surface area contributed by atoms with Crippen molar-refractivity contribution in [2.24, 2.45) is 0 Å². The van der Waals surface area contributed by atoms with Gasteiger partial charge >= 0.3 is 0 Å². The molecule has 1 heterocycles. The van der Waals surface area contributed by atoms with Gasteiger partial charge in [0.15, 0.2) is 21.3 Å². The standard InChI is InChI=1S/C25H33NO7S/c1-5-6-12-33-21-9-7-19(8-10-21)25(27)26(20-11-13-34(28,29)17-20)16-18-14-22(30-2)24(32-4)23(15-18)31-3/h7-10,14-15,20H,5-6,11-13,16-17H2,1-4H3/t20-/m0/s1. The molecule has 2 aromatic carbocycles. The van der Waals surface area contributed by atoms with E-state index in [1.54, 1.807) is 41.3 Å². The molecule has 0 bridgehead atoms.